The molecule has 11 N–H and O–H groups in total. The van der Waals surface area contributed by atoms with Crippen LogP contribution in [0.15, 0.2) is 0 Å². The van der Waals surface area contributed by atoms with Crippen LogP contribution >= 0.6 is 0 Å². The zero-order valence-electron chi connectivity index (χ0n) is 28.4. The number of aliphatic hydroxyl groups is 2. The monoisotopic (exact) mass is 673 g/mol. The Kier molecular flexibility index (Phi) is 20.1. The van der Waals surface area contributed by atoms with Crippen molar-refractivity contribution in [3.63, 3.8) is 0 Å². The quantitative estimate of drug-likeness (QED) is 0.0542. The maximum Gasteiger partial charge on any atom is 0.328 e. The van der Waals surface area contributed by atoms with Gasteiger partial charge in [-0.25, -0.2) is 4.79 Å². The number of nitrogens with one attached hydrogen (secondary N) is 6. The van der Waals surface area contributed by atoms with E-state index < -0.39 is 102 Å². The summed E-state index contributed by atoms with van der Waals surface area (Å²) in [5.74, 6) is -6.41. The number of carbonyl (C=O) groups excluding carboxylic acids is 6. The number of aliphatic carboxylic acids is 1. The highest BCUT2D eigenvalue weighted by molar-refractivity contribution is 5.96. The van der Waals surface area contributed by atoms with Crippen LogP contribution in [0.25, 0.3) is 0 Å². The molecule has 17 nitrogen and oxygen atoms in total. The van der Waals surface area contributed by atoms with Gasteiger partial charge in [-0.1, -0.05) is 34.1 Å². The summed E-state index contributed by atoms with van der Waals surface area (Å²) >= 11 is 0. The predicted octanol–water partition coefficient (Wildman–Crippen LogP) is -2.39. The molecule has 8 atom stereocenters. The van der Waals surface area contributed by atoms with Gasteiger partial charge in [0.25, 0.3) is 0 Å². The molecule has 0 aromatic carbocycles. The van der Waals surface area contributed by atoms with Gasteiger partial charge in [0, 0.05) is 0 Å². The van der Waals surface area contributed by atoms with Crippen molar-refractivity contribution < 1.29 is 48.9 Å². The molecular formula is C30H55N7O10. The molecule has 0 spiro atoms. The van der Waals surface area contributed by atoms with Gasteiger partial charge in [-0.2, -0.15) is 0 Å². The van der Waals surface area contributed by atoms with E-state index in [1.807, 2.05) is 0 Å². The number of rotatable bonds is 22. The van der Waals surface area contributed by atoms with Gasteiger partial charge in [-0.05, 0) is 58.4 Å². The standard InChI is InChI=1S/C30H55N7O10/c1-8-16(4)24(36-29(45)23(15(2)3)35-26(42)18(6)33-21(40)13-17(5)38)28(44)32-14-22(41)34-20(11-9-10-12-31)27(43)37-25(19(7)39)30(46)47/h15-20,23-25,38-39H,8-14,31H2,1-7H3,(H,32,44)(H,33,40)(H,34,41)(H,35,42)(H,36,45)(H,37,43)(H,46,47)/t16-,17?,18-,19+,20-,23-,24-,25-/m0/s1. The molecule has 0 radical (unpaired) electrons. The number of hydrogen-bond donors (Lipinski definition) is 10. The van der Waals surface area contributed by atoms with Gasteiger partial charge >= 0.3 is 5.97 Å². The Morgan fingerprint density at radius 1 is 0.681 bits per heavy atom. The van der Waals surface area contributed by atoms with Crippen molar-refractivity contribution in [2.75, 3.05) is 13.1 Å². The van der Waals surface area contributed by atoms with Crippen LogP contribution in [-0.4, -0.2) is 112 Å². The maximum atomic E-state index is 13.3. The molecule has 0 saturated carbocycles. The largest absolute Gasteiger partial charge is 0.480 e. The summed E-state index contributed by atoms with van der Waals surface area (Å²) in [4.78, 5) is 88.2. The molecule has 0 heterocycles. The first-order valence-electron chi connectivity index (χ1n) is 15.9. The average Bonchev–Trinajstić information content (AvgIpc) is 2.97. The van der Waals surface area contributed by atoms with Crippen LogP contribution in [0, 0.1) is 11.8 Å². The summed E-state index contributed by atoms with van der Waals surface area (Å²) in [5.41, 5.74) is 5.52. The fourth-order valence-corrected chi connectivity index (χ4v) is 4.32. The fourth-order valence-electron chi connectivity index (χ4n) is 4.32. The first-order chi connectivity index (χ1) is 21.9. The summed E-state index contributed by atoms with van der Waals surface area (Å²) in [6, 6.07) is -5.97. The summed E-state index contributed by atoms with van der Waals surface area (Å²) in [5, 5.41) is 43.2. The number of carbonyl (C=O) groups is 7. The number of nitrogens with two attached hydrogens (primary N) is 1. The minimum atomic E-state index is -1.60. The van der Waals surface area contributed by atoms with Gasteiger partial charge in [0.1, 0.15) is 24.2 Å². The molecule has 0 aromatic rings. The molecule has 270 valence electrons. The van der Waals surface area contributed by atoms with Gasteiger partial charge in [0.05, 0.1) is 25.2 Å². The lowest BCUT2D eigenvalue weighted by Gasteiger charge is -2.28. The smallest absolute Gasteiger partial charge is 0.328 e. The number of unbranched alkanes of at least 4 members (excludes halogenated alkanes) is 1. The molecule has 47 heavy (non-hydrogen) atoms. The van der Waals surface area contributed by atoms with E-state index in [-0.39, 0.29) is 12.8 Å². The highest BCUT2D eigenvalue weighted by atomic mass is 16.4. The molecule has 1 unspecified atom stereocenters. The number of amides is 6. The van der Waals surface area contributed by atoms with Crippen LogP contribution in [0.3, 0.4) is 0 Å². The van der Waals surface area contributed by atoms with E-state index in [9.17, 15) is 48.9 Å². The Bertz CT molecular complexity index is 1070. The van der Waals surface area contributed by atoms with E-state index in [0.29, 0.717) is 25.8 Å². The lowest BCUT2D eigenvalue weighted by Crippen LogP contribution is -2.59. The second kappa shape index (κ2) is 21.9. The van der Waals surface area contributed by atoms with Crippen LogP contribution in [0.2, 0.25) is 0 Å². The first kappa shape index (κ1) is 43.2. The van der Waals surface area contributed by atoms with Crippen LogP contribution in [0.1, 0.15) is 80.6 Å². The van der Waals surface area contributed by atoms with Crippen molar-refractivity contribution >= 4 is 41.4 Å². The van der Waals surface area contributed by atoms with Crippen molar-refractivity contribution in [2.24, 2.45) is 17.6 Å². The predicted molar refractivity (Wildman–Crippen MR) is 171 cm³/mol. The molecule has 0 rings (SSSR count). The topological polar surface area (TPSA) is 278 Å². The number of carboxylic acids is 1. The van der Waals surface area contributed by atoms with Crippen molar-refractivity contribution in [3.05, 3.63) is 0 Å². The Morgan fingerprint density at radius 3 is 1.74 bits per heavy atom. The van der Waals surface area contributed by atoms with Crippen LogP contribution in [-0.2, 0) is 33.6 Å². The zero-order valence-corrected chi connectivity index (χ0v) is 28.4. The minimum Gasteiger partial charge on any atom is -0.480 e. The second-order valence-corrected chi connectivity index (χ2v) is 12.1. The zero-order chi connectivity index (χ0) is 36.4. The third-order valence-corrected chi connectivity index (χ3v) is 7.36. The molecular weight excluding hydrogens is 618 g/mol. The summed E-state index contributed by atoms with van der Waals surface area (Å²) in [6.07, 6.45) is -0.971. The summed E-state index contributed by atoms with van der Waals surface area (Å²) in [6.45, 7) is 10.7. The molecule has 6 amide bonds. The van der Waals surface area contributed by atoms with Crippen molar-refractivity contribution in [1.29, 1.82) is 0 Å². The Morgan fingerprint density at radius 2 is 1.26 bits per heavy atom. The third-order valence-electron chi connectivity index (χ3n) is 7.36. The minimum absolute atomic E-state index is 0.117. The molecule has 0 aliphatic carbocycles. The van der Waals surface area contributed by atoms with Crippen LogP contribution in [0.5, 0.6) is 0 Å². The maximum absolute atomic E-state index is 13.3. The van der Waals surface area contributed by atoms with Crippen LogP contribution < -0.4 is 37.6 Å². The molecule has 0 aromatic heterocycles. The van der Waals surface area contributed by atoms with Gasteiger partial charge in [0.15, 0.2) is 6.04 Å². The normalized spacial score (nSPS) is 16.2. The van der Waals surface area contributed by atoms with E-state index in [4.69, 9.17) is 5.73 Å². The average molecular weight is 674 g/mol. The summed E-state index contributed by atoms with van der Waals surface area (Å²) < 4.78 is 0. The first-order valence-corrected chi connectivity index (χ1v) is 15.9. The van der Waals surface area contributed by atoms with E-state index in [2.05, 4.69) is 31.9 Å². The SMILES string of the molecule is CC[C@H](C)[C@H](NC(=O)[C@@H](NC(=O)[C@H](C)NC(=O)CC(C)O)C(C)C)C(=O)NCC(=O)N[C@@H](CCCCN)C(=O)N[C@H](C(=O)O)[C@@H](C)O. The number of hydrogen-bond acceptors (Lipinski definition) is 10. The molecule has 17 heteroatoms. The molecule has 0 aliphatic heterocycles. The van der Waals surface area contributed by atoms with Gasteiger partial charge < -0.3 is 53.0 Å². The van der Waals surface area contributed by atoms with Crippen LogP contribution in [0.4, 0.5) is 0 Å². The van der Waals surface area contributed by atoms with Crippen molar-refractivity contribution in [2.45, 2.75) is 123 Å². The third kappa shape index (κ3) is 16.5. The van der Waals surface area contributed by atoms with E-state index in [1.165, 1.54) is 20.8 Å². The van der Waals surface area contributed by atoms with Crippen molar-refractivity contribution in [1.82, 2.24) is 31.9 Å². The highest BCUT2D eigenvalue weighted by Gasteiger charge is 2.33. The molecule has 0 saturated heterocycles. The van der Waals surface area contributed by atoms with Gasteiger partial charge in [0.2, 0.25) is 35.4 Å². The molecule has 0 fully saturated rings. The van der Waals surface area contributed by atoms with Gasteiger partial charge in [-0.15, -0.1) is 0 Å². The lowest BCUT2D eigenvalue weighted by molar-refractivity contribution is -0.145. The molecule has 0 aliphatic rings. The number of carboxylic acid groups (broad SMARTS) is 1. The Labute approximate surface area is 275 Å². The number of aliphatic hydroxyl groups excluding tert-OH is 2. The van der Waals surface area contributed by atoms with E-state index in [0.717, 1.165) is 0 Å². The fraction of sp³-hybridized carbons (Fsp3) is 0.767. The van der Waals surface area contributed by atoms with E-state index >= 15 is 0 Å². The summed E-state index contributed by atoms with van der Waals surface area (Å²) in [7, 11) is 0. The van der Waals surface area contributed by atoms with Crippen molar-refractivity contribution in [3.8, 4) is 0 Å². The Hall–Kier alpha value is -3.83. The van der Waals surface area contributed by atoms with Gasteiger partial charge in [-0.3, -0.25) is 28.8 Å². The molecule has 0 bridgehead atoms. The lowest BCUT2D eigenvalue weighted by atomic mass is 9.96. The second-order valence-electron chi connectivity index (χ2n) is 12.1. The highest BCUT2D eigenvalue weighted by Crippen LogP contribution is 2.11. The Balaban J connectivity index is 5.55. The van der Waals surface area contributed by atoms with E-state index in [1.54, 1.807) is 27.7 Å².